The molecule has 0 saturated heterocycles. The monoisotopic (exact) mass is 193 g/mol. The normalized spacial score (nSPS) is 16.1. The highest BCUT2D eigenvalue weighted by Gasteiger charge is 2.21. The van der Waals surface area contributed by atoms with Crippen LogP contribution >= 0.6 is 0 Å². The van der Waals surface area contributed by atoms with E-state index in [1.165, 1.54) is 6.26 Å². The van der Waals surface area contributed by atoms with Crippen molar-refractivity contribution < 1.29 is 8.42 Å². The maximum atomic E-state index is 10.8. The largest absolute Gasteiger partial charge is 0.327 e. The summed E-state index contributed by atoms with van der Waals surface area (Å²) in [7, 11) is -2.86. The summed E-state index contributed by atoms with van der Waals surface area (Å²) in [6.07, 6.45) is 1.78. The summed E-state index contributed by atoms with van der Waals surface area (Å²) in [6, 6.07) is -0.0489. The van der Waals surface area contributed by atoms with Crippen LogP contribution in [0.25, 0.3) is 0 Å². The standard InChI is InChI=1S/C8H19NO2S/c1-8(2,3)7(9)5-6-12(4,10)11/h7H,5-6,9H2,1-4H3. The molecular formula is C8H19NO2S. The molecule has 0 aliphatic heterocycles. The molecular weight excluding hydrogens is 174 g/mol. The van der Waals surface area contributed by atoms with Crippen molar-refractivity contribution >= 4 is 9.84 Å². The Morgan fingerprint density at radius 1 is 1.33 bits per heavy atom. The Morgan fingerprint density at radius 3 is 2.00 bits per heavy atom. The van der Waals surface area contributed by atoms with E-state index in [9.17, 15) is 8.42 Å². The Labute approximate surface area is 75.3 Å². The van der Waals surface area contributed by atoms with Crippen molar-refractivity contribution in [1.29, 1.82) is 0 Å². The second-order valence-corrected chi connectivity index (χ2v) is 6.65. The minimum atomic E-state index is -2.86. The molecule has 0 aromatic heterocycles. The summed E-state index contributed by atoms with van der Waals surface area (Å²) in [6.45, 7) is 6.04. The topological polar surface area (TPSA) is 60.2 Å². The van der Waals surface area contributed by atoms with Crippen LogP contribution in [0.15, 0.2) is 0 Å². The first-order valence-corrected chi connectivity index (χ1v) is 6.12. The summed E-state index contributed by atoms with van der Waals surface area (Å²) in [4.78, 5) is 0. The molecule has 0 rings (SSSR count). The SMILES string of the molecule is CC(C)(C)C(N)CCS(C)(=O)=O. The molecule has 0 spiro atoms. The van der Waals surface area contributed by atoms with E-state index < -0.39 is 9.84 Å². The number of nitrogens with two attached hydrogens (primary N) is 1. The molecule has 0 radical (unpaired) electrons. The molecule has 0 bridgehead atoms. The third kappa shape index (κ3) is 5.55. The van der Waals surface area contributed by atoms with Gasteiger partial charge in [-0.2, -0.15) is 0 Å². The molecule has 0 fully saturated rings. The molecule has 0 aliphatic carbocycles. The molecule has 4 heteroatoms. The van der Waals surface area contributed by atoms with Crippen LogP contribution in [0.2, 0.25) is 0 Å². The van der Waals surface area contributed by atoms with Gasteiger partial charge in [0.25, 0.3) is 0 Å². The minimum Gasteiger partial charge on any atom is -0.327 e. The van der Waals surface area contributed by atoms with Crippen molar-refractivity contribution in [1.82, 2.24) is 0 Å². The van der Waals surface area contributed by atoms with Gasteiger partial charge in [-0.25, -0.2) is 8.42 Å². The Balaban J connectivity index is 3.97. The van der Waals surface area contributed by atoms with Crippen LogP contribution < -0.4 is 5.73 Å². The molecule has 0 aromatic rings. The molecule has 0 saturated carbocycles. The van der Waals surface area contributed by atoms with Crippen LogP contribution in [0.1, 0.15) is 27.2 Å². The maximum Gasteiger partial charge on any atom is 0.147 e. The van der Waals surface area contributed by atoms with Gasteiger partial charge in [-0.3, -0.25) is 0 Å². The van der Waals surface area contributed by atoms with E-state index in [1.54, 1.807) is 0 Å². The van der Waals surface area contributed by atoms with Gasteiger partial charge in [0.15, 0.2) is 0 Å². The van der Waals surface area contributed by atoms with Gasteiger partial charge in [0, 0.05) is 12.3 Å². The van der Waals surface area contributed by atoms with Crippen molar-refractivity contribution in [3.8, 4) is 0 Å². The van der Waals surface area contributed by atoms with Gasteiger partial charge in [-0.05, 0) is 11.8 Å². The lowest BCUT2D eigenvalue weighted by Crippen LogP contribution is -2.36. The molecule has 1 atom stereocenters. The fourth-order valence-corrected chi connectivity index (χ4v) is 1.46. The first-order chi connectivity index (χ1) is 5.13. The molecule has 1 unspecified atom stereocenters. The van der Waals surface area contributed by atoms with Crippen LogP contribution in [-0.2, 0) is 9.84 Å². The summed E-state index contributed by atoms with van der Waals surface area (Å²) in [5.74, 6) is 0.186. The molecule has 0 heterocycles. The highest BCUT2D eigenvalue weighted by molar-refractivity contribution is 7.90. The van der Waals surface area contributed by atoms with Crippen LogP contribution in [0.5, 0.6) is 0 Å². The minimum absolute atomic E-state index is 0.00924. The fourth-order valence-electron chi connectivity index (χ4n) is 0.774. The van der Waals surface area contributed by atoms with Crippen LogP contribution in [0, 0.1) is 5.41 Å². The number of hydrogen-bond donors (Lipinski definition) is 1. The third-order valence-electron chi connectivity index (χ3n) is 1.91. The van der Waals surface area contributed by atoms with E-state index in [1.807, 2.05) is 20.8 Å². The quantitative estimate of drug-likeness (QED) is 0.721. The Kier molecular flexibility index (Phi) is 3.72. The number of rotatable bonds is 3. The van der Waals surface area contributed by atoms with Crippen molar-refractivity contribution in [2.24, 2.45) is 11.1 Å². The average molecular weight is 193 g/mol. The first-order valence-electron chi connectivity index (χ1n) is 4.06. The van der Waals surface area contributed by atoms with E-state index >= 15 is 0 Å². The zero-order valence-electron chi connectivity index (χ0n) is 8.29. The molecule has 0 aromatic carbocycles. The van der Waals surface area contributed by atoms with Crippen LogP contribution in [-0.4, -0.2) is 26.5 Å². The average Bonchev–Trinajstić information content (AvgIpc) is 1.78. The highest BCUT2D eigenvalue weighted by atomic mass is 32.2. The maximum absolute atomic E-state index is 10.8. The smallest absolute Gasteiger partial charge is 0.147 e. The number of sulfone groups is 1. The van der Waals surface area contributed by atoms with Crippen molar-refractivity contribution in [2.75, 3.05) is 12.0 Å². The lowest BCUT2D eigenvalue weighted by atomic mass is 9.86. The number of hydrogen-bond acceptors (Lipinski definition) is 3. The highest BCUT2D eigenvalue weighted by Crippen LogP contribution is 2.19. The van der Waals surface area contributed by atoms with Gasteiger partial charge >= 0.3 is 0 Å². The van der Waals surface area contributed by atoms with Gasteiger partial charge in [0.05, 0.1) is 5.75 Å². The van der Waals surface area contributed by atoms with E-state index in [0.29, 0.717) is 6.42 Å². The van der Waals surface area contributed by atoms with Crippen molar-refractivity contribution in [2.45, 2.75) is 33.2 Å². The molecule has 2 N–H and O–H groups in total. The predicted molar refractivity (Wildman–Crippen MR) is 51.8 cm³/mol. The summed E-state index contributed by atoms with van der Waals surface area (Å²) >= 11 is 0. The zero-order chi connectivity index (χ0) is 9.99. The van der Waals surface area contributed by atoms with E-state index in [-0.39, 0.29) is 17.2 Å². The van der Waals surface area contributed by atoms with Crippen LogP contribution in [0.4, 0.5) is 0 Å². The van der Waals surface area contributed by atoms with E-state index in [2.05, 4.69) is 0 Å². The van der Waals surface area contributed by atoms with Gasteiger partial charge in [0.1, 0.15) is 9.84 Å². The summed E-state index contributed by atoms with van der Waals surface area (Å²) in [5, 5.41) is 0. The van der Waals surface area contributed by atoms with Crippen LogP contribution in [0.3, 0.4) is 0 Å². The van der Waals surface area contributed by atoms with Gasteiger partial charge < -0.3 is 5.73 Å². The Bertz CT molecular complexity index is 226. The second-order valence-electron chi connectivity index (χ2n) is 4.39. The van der Waals surface area contributed by atoms with Crippen molar-refractivity contribution in [3.63, 3.8) is 0 Å². The Hall–Kier alpha value is -0.0900. The molecule has 74 valence electrons. The van der Waals surface area contributed by atoms with Gasteiger partial charge in [-0.15, -0.1) is 0 Å². The molecule has 3 nitrogen and oxygen atoms in total. The zero-order valence-corrected chi connectivity index (χ0v) is 9.11. The van der Waals surface area contributed by atoms with E-state index in [4.69, 9.17) is 5.73 Å². The Morgan fingerprint density at radius 2 is 1.75 bits per heavy atom. The molecule has 0 amide bonds. The predicted octanol–water partition coefficient (Wildman–Crippen LogP) is 0.795. The summed E-state index contributed by atoms with van der Waals surface area (Å²) < 4.78 is 21.6. The summed E-state index contributed by atoms with van der Waals surface area (Å²) in [5.41, 5.74) is 5.78. The lowest BCUT2D eigenvalue weighted by molar-refractivity contribution is 0.314. The second kappa shape index (κ2) is 3.75. The third-order valence-corrected chi connectivity index (χ3v) is 2.89. The molecule has 12 heavy (non-hydrogen) atoms. The van der Waals surface area contributed by atoms with Gasteiger partial charge in [-0.1, -0.05) is 20.8 Å². The first kappa shape index (κ1) is 11.9. The fraction of sp³-hybridized carbons (Fsp3) is 1.00. The van der Waals surface area contributed by atoms with Gasteiger partial charge in [0.2, 0.25) is 0 Å². The van der Waals surface area contributed by atoms with Crippen molar-refractivity contribution in [3.05, 3.63) is 0 Å². The molecule has 0 aliphatic rings. The van der Waals surface area contributed by atoms with E-state index in [0.717, 1.165) is 0 Å². The lowest BCUT2D eigenvalue weighted by Gasteiger charge is -2.26.